The number of aromatic nitrogens is 2. The highest BCUT2D eigenvalue weighted by molar-refractivity contribution is 7.89. The first-order valence-electron chi connectivity index (χ1n) is 8.95. The summed E-state index contributed by atoms with van der Waals surface area (Å²) in [6.45, 7) is 1.73. The number of methoxy groups -OCH3 is 1. The molecule has 0 saturated carbocycles. The van der Waals surface area contributed by atoms with Crippen LogP contribution < -0.4 is 9.64 Å². The van der Waals surface area contributed by atoms with E-state index in [1.54, 1.807) is 23.5 Å². The van der Waals surface area contributed by atoms with Gasteiger partial charge in [-0.2, -0.15) is 4.31 Å². The second kappa shape index (κ2) is 8.27. The van der Waals surface area contributed by atoms with E-state index >= 15 is 0 Å². The second-order valence-electron chi connectivity index (χ2n) is 6.44. The Balaban J connectivity index is 1.47. The van der Waals surface area contributed by atoms with Crippen LogP contribution in [0.3, 0.4) is 0 Å². The molecule has 1 aliphatic rings. The van der Waals surface area contributed by atoms with Crippen LogP contribution in [0.4, 0.5) is 5.82 Å². The molecule has 2 aromatic heterocycles. The molecule has 1 aromatic carbocycles. The van der Waals surface area contributed by atoms with Gasteiger partial charge in [0, 0.05) is 31.2 Å². The van der Waals surface area contributed by atoms with Gasteiger partial charge in [0.1, 0.15) is 16.3 Å². The van der Waals surface area contributed by atoms with Gasteiger partial charge in [0.2, 0.25) is 10.0 Å². The Bertz CT molecular complexity index is 1080. The molecule has 0 bridgehead atoms. The van der Waals surface area contributed by atoms with Gasteiger partial charge in [0.15, 0.2) is 5.82 Å². The molecule has 0 aliphatic carbocycles. The van der Waals surface area contributed by atoms with Crippen molar-refractivity contribution in [3.63, 3.8) is 0 Å². The molecule has 152 valence electrons. The molecular weight excluding hydrogens is 432 g/mol. The number of sulfonamides is 1. The molecule has 29 heavy (non-hydrogen) atoms. The number of ether oxygens (including phenoxy) is 1. The number of hydrogen-bond acceptors (Lipinski definition) is 7. The lowest BCUT2D eigenvalue weighted by molar-refractivity contribution is 0.373. The van der Waals surface area contributed by atoms with Gasteiger partial charge in [-0.15, -0.1) is 21.5 Å². The number of hydrogen-bond donors (Lipinski definition) is 0. The lowest BCUT2D eigenvalue weighted by Crippen LogP contribution is -2.49. The van der Waals surface area contributed by atoms with E-state index in [-0.39, 0.29) is 10.6 Å². The summed E-state index contributed by atoms with van der Waals surface area (Å²) in [5.74, 6) is 1.02. The zero-order valence-electron chi connectivity index (χ0n) is 15.7. The van der Waals surface area contributed by atoms with Crippen LogP contribution in [-0.2, 0) is 10.0 Å². The maximum atomic E-state index is 13.1. The first-order valence-corrected chi connectivity index (χ1v) is 11.6. The molecule has 0 unspecified atom stereocenters. The third-order valence-corrected chi connectivity index (χ3v) is 7.78. The highest BCUT2D eigenvalue weighted by Crippen LogP contribution is 2.30. The molecule has 4 rings (SSSR count). The SMILES string of the molecule is COc1ccc(Cl)cc1S(=O)(=O)N1CCN(c2ccc(-c3cccs3)nn2)CC1. The summed E-state index contributed by atoms with van der Waals surface area (Å²) < 4.78 is 32.8. The number of rotatable bonds is 5. The van der Waals surface area contributed by atoms with Crippen LogP contribution in [0.15, 0.2) is 52.7 Å². The van der Waals surface area contributed by atoms with E-state index in [0.29, 0.717) is 31.2 Å². The van der Waals surface area contributed by atoms with Gasteiger partial charge in [-0.3, -0.25) is 0 Å². The fraction of sp³-hybridized carbons (Fsp3) is 0.263. The van der Waals surface area contributed by atoms with Gasteiger partial charge in [-0.25, -0.2) is 8.42 Å². The molecule has 1 aliphatic heterocycles. The van der Waals surface area contributed by atoms with Gasteiger partial charge in [0.25, 0.3) is 0 Å². The monoisotopic (exact) mass is 450 g/mol. The molecule has 7 nitrogen and oxygen atoms in total. The second-order valence-corrected chi connectivity index (χ2v) is 9.73. The van der Waals surface area contributed by atoms with Crippen molar-refractivity contribution in [1.29, 1.82) is 0 Å². The lowest BCUT2D eigenvalue weighted by atomic mass is 10.3. The molecule has 3 heterocycles. The van der Waals surface area contributed by atoms with E-state index in [1.807, 2.05) is 34.5 Å². The number of benzene rings is 1. The molecule has 0 radical (unpaired) electrons. The summed E-state index contributed by atoms with van der Waals surface area (Å²) in [4.78, 5) is 3.18. The highest BCUT2D eigenvalue weighted by Gasteiger charge is 2.31. The van der Waals surface area contributed by atoms with E-state index in [1.165, 1.54) is 17.5 Å². The van der Waals surface area contributed by atoms with E-state index in [9.17, 15) is 8.42 Å². The van der Waals surface area contributed by atoms with Crippen LogP contribution in [-0.4, -0.2) is 56.2 Å². The fourth-order valence-corrected chi connectivity index (χ4v) is 5.73. The molecular formula is C19H19ClN4O3S2. The Labute approximate surface area is 178 Å². The van der Waals surface area contributed by atoms with Gasteiger partial charge >= 0.3 is 0 Å². The first-order chi connectivity index (χ1) is 14.0. The van der Waals surface area contributed by atoms with Crippen molar-refractivity contribution in [2.75, 3.05) is 38.2 Å². The van der Waals surface area contributed by atoms with Gasteiger partial charge in [-0.1, -0.05) is 17.7 Å². The molecule has 10 heteroatoms. The number of thiophene rings is 1. The van der Waals surface area contributed by atoms with Crippen LogP contribution in [0.2, 0.25) is 5.02 Å². The predicted molar refractivity (Wildman–Crippen MR) is 114 cm³/mol. The minimum atomic E-state index is -3.71. The van der Waals surface area contributed by atoms with Crippen molar-refractivity contribution in [2.24, 2.45) is 0 Å². The Morgan fingerprint density at radius 2 is 1.86 bits per heavy atom. The largest absolute Gasteiger partial charge is 0.495 e. The summed E-state index contributed by atoms with van der Waals surface area (Å²) in [6, 6.07) is 12.4. The van der Waals surface area contributed by atoms with Crippen molar-refractivity contribution in [2.45, 2.75) is 4.90 Å². The molecule has 3 aromatic rings. The number of anilines is 1. The highest BCUT2D eigenvalue weighted by atomic mass is 35.5. The zero-order chi connectivity index (χ0) is 20.4. The lowest BCUT2D eigenvalue weighted by Gasteiger charge is -2.34. The van der Waals surface area contributed by atoms with Crippen LogP contribution in [0.5, 0.6) is 5.75 Å². The maximum absolute atomic E-state index is 13.1. The zero-order valence-corrected chi connectivity index (χ0v) is 18.0. The molecule has 0 amide bonds. The third-order valence-electron chi connectivity index (χ3n) is 4.73. The summed E-state index contributed by atoms with van der Waals surface area (Å²) in [6.07, 6.45) is 0. The topological polar surface area (TPSA) is 75.6 Å². The van der Waals surface area contributed by atoms with Gasteiger partial charge in [-0.05, 0) is 41.8 Å². The number of nitrogens with zero attached hydrogens (tertiary/aromatic N) is 4. The third kappa shape index (κ3) is 4.09. The average molecular weight is 451 g/mol. The molecule has 1 saturated heterocycles. The van der Waals surface area contributed by atoms with Gasteiger partial charge in [0.05, 0.1) is 12.0 Å². The Hall–Kier alpha value is -2.20. The molecule has 0 spiro atoms. The quantitative estimate of drug-likeness (QED) is 0.593. The minimum Gasteiger partial charge on any atom is -0.495 e. The summed E-state index contributed by atoms with van der Waals surface area (Å²) >= 11 is 7.62. The van der Waals surface area contributed by atoms with Crippen LogP contribution in [0.25, 0.3) is 10.6 Å². The van der Waals surface area contributed by atoms with Crippen LogP contribution in [0, 0.1) is 0 Å². The number of piperazine rings is 1. The van der Waals surface area contributed by atoms with Crippen molar-refractivity contribution in [3.8, 4) is 16.3 Å². The fourth-order valence-electron chi connectivity index (χ4n) is 3.20. The minimum absolute atomic E-state index is 0.0843. The predicted octanol–water partition coefficient (Wildman–Crippen LogP) is 3.38. The molecule has 1 fully saturated rings. The smallest absolute Gasteiger partial charge is 0.246 e. The maximum Gasteiger partial charge on any atom is 0.246 e. The average Bonchev–Trinajstić information content (AvgIpc) is 3.29. The van der Waals surface area contributed by atoms with Crippen molar-refractivity contribution < 1.29 is 13.2 Å². The normalized spacial score (nSPS) is 15.4. The van der Waals surface area contributed by atoms with E-state index in [4.69, 9.17) is 16.3 Å². The molecule has 0 atom stereocenters. The first kappa shape index (κ1) is 20.1. The van der Waals surface area contributed by atoms with Crippen molar-refractivity contribution >= 4 is 38.8 Å². The summed E-state index contributed by atoms with van der Waals surface area (Å²) in [7, 11) is -2.26. The van der Waals surface area contributed by atoms with E-state index in [2.05, 4.69) is 10.2 Å². The van der Waals surface area contributed by atoms with Crippen molar-refractivity contribution in [3.05, 3.63) is 52.9 Å². The van der Waals surface area contributed by atoms with Crippen LogP contribution >= 0.6 is 22.9 Å². The van der Waals surface area contributed by atoms with E-state index in [0.717, 1.165) is 16.4 Å². The Morgan fingerprint density at radius 1 is 1.07 bits per heavy atom. The van der Waals surface area contributed by atoms with Crippen LogP contribution in [0.1, 0.15) is 0 Å². The van der Waals surface area contributed by atoms with Crippen molar-refractivity contribution in [1.82, 2.24) is 14.5 Å². The standard InChI is InChI=1S/C19H19ClN4O3S2/c1-27-16-6-4-14(20)13-18(16)29(25,26)24-10-8-23(9-11-24)19-7-5-15(21-22-19)17-3-2-12-28-17/h2-7,12-13H,8-11H2,1H3. The number of halogens is 1. The summed E-state index contributed by atoms with van der Waals surface area (Å²) in [5, 5.41) is 11.0. The summed E-state index contributed by atoms with van der Waals surface area (Å²) in [5.41, 5.74) is 0.831. The van der Waals surface area contributed by atoms with E-state index < -0.39 is 10.0 Å². The Kier molecular flexibility index (Phi) is 5.73. The molecule has 0 N–H and O–H groups in total. The van der Waals surface area contributed by atoms with Gasteiger partial charge < -0.3 is 9.64 Å². The Morgan fingerprint density at radius 3 is 2.48 bits per heavy atom.